The zero-order chi connectivity index (χ0) is 17.4. The monoisotopic (exact) mass is 348 g/mol. The first kappa shape index (κ1) is 16.4. The molecular weight excluding hydrogens is 331 g/mol. The van der Waals surface area contributed by atoms with Gasteiger partial charge in [-0.3, -0.25) is 9.48 Å². The zero-order valence-electron chi connectivity index (χ0n) is 13.8. The summed E-state index contributed by atoms with van der Waals surface area (Å²) < 4.78 is 21.0. The molecule has 0 saturated heterocycles. The predicted octanol–water partition coefficient (Wildman–Crippen LogP) is 2.98. The second kappa shape index (κ2) is 6.20. The second-order valence-corrected chi connectivity index (χ2v) is 6.50. The van der Waals surface area contributed by atoms with E-state index in [0.29, 0.717) is 21.1 Å². The standard InChI is InChI=1S/C16H17FN4O2S/c1-8-11(9(2)21(3)20-8)7-14(22)18-16-19-15-12(23-4)5-10(17)6-13(15)24-16/h5-6H,7H2,1-4H3,(H,18,19,22). The third kappa shape index (κ3) is 2.96. The van der Waals surface area contributed by atoms with Crippen LogP contribution in [-0.4, -0.2) is 27.8 Å². The van der Waals surface area contributed by atoms with Gasteiger partial charge in [-0.1, -0.05) is 11.3 Å². The van der Waals surface area contributed by atoms with Crippen molar-refractivity contribution >= 4 is 32.6 Å². The lowest BCUT2D eigenvalue weighted by molar-refractivity contribution is -0.115. The topological polar surface area (TPSA) is 69.0 Å². The average Bonchev–Trinajstić information content (AvgIpc) is 3.01. The molecule has 1 aromatic carbocycles. The van der Waals surface area contributed by atoms with Gasteiger partial charge in [-0.05, 0) is 19.9 Å². The number of methoxy groups -OCH3 is 1. The summed E-state index contributed by atoms with van der Waals surface area (Å²) in [4.78, 5) is 16.6. The Bertz CT molecular complexity index is 932. The number of benzene rings is 1. The Balaban J connectivity index is 1.83. The number of thiazole rings is 1. The molecule has 0 spiro atoms. The quantitative estimate of drug-likeness (QED) is 0.787. The minimum Gasteiger partial charge on any atom is -0.494 e. The number of rotatable bonds is 4. The number of nitrogens with zero attached hydrogens (tertiary/aromatic N) is 3. The fourth-order valence-electron chi connectivity index (χ4n) is 2.57. The number of nitrogens with one attached hydrogen (secondary N) is 1. The molecule has 3 rings (SSSR count). The SMILES string of the molecule is COc1cc(F)cc2sc(NC(=O)Cc3c(C)nn(C)c3C)nc12. The van der Waals surface area contributed by atoms with Crippen LogP contribution < -0.4 is 10.1 Å². The molecule has 6 nitrogen and oxygen atoms in total. The molecular formula is C16H17FN4O2S. The molecule has 0 unspecified atom stereocenters. The molecule has 3 aromatic rings. The minimum absolute atomic E-state index is 0.187. The van der Waals surface area contributed by atoms with E-state index < -0.39 is 5.82 Å². The van der Waals surface area contributed by atoms with Gasteiger partial charge in [-0.2, -0.15) is 5.10 Å². The van der Waals surface area contributed by atoms with Gasteiger partial charge in [0.2, 0.25) is 5.91 Å². The van der Waals surface area contributed by atoms with E-state index in [1.54, 1.807) is 4.68 Å². The van der Waals surface area contributed by atoms with Crippen molar-refractivity contribution in [2.45, 2.75) is 20.3 Å². The first-order valence-corrected chi connectivity index (χ1v) is 8.13. The normalized spacial score (nSPS) is 11.0. The number of hydrogen-bond acceptors (Lipinski definition) is 5. The molecule has 0 saturated carbocycles. The number of anilines is 1. The zero-order valence-corrected chi connectivity index (χ0v) is 14.6. The molecule has 0 radical (unpaired) electrons. The molecule has 1 N–H and O–H groups in total. The Kier molecular flexibility index (Phi) is 4.23. The second-order valence-electron chi connectivity index (χ2n) is 5.47. The van der Waals surface area contributed by atoms with Crippen molar-refractivity contribution in [3.8, 4) is 5.75 Å². The molecule has 0 atom stereocenters. The van der Waals surface area contributed by atoms with E-state index in [0.717, 1.165) is 17.0 Å². The Morgan fingerprint density at radius 1 is 1.42 bits per heavy atom. The highest BCUT2D eigenvalue weighted by atomic mass is 32.1. The van der Waals surface area contributed by atoms with E-state index >= 15 is 0 Å². The summed E-state index contributed by atoms with van der Waals surface area (Å²) in [5.74, 6) is -0.240. The summed E-state index contributed by atoms with van der Waals surface area (Å²) in [6, 6.07) is 2.65. The summed E-state index contributed by atoms with van der Waals surface area (Å²) in [6.07, 6.45) is 0.215. The molecule has 1 amide bonds. The van der Waals surface area contributed by atoms with Gasteiger partial charge in [0.25, 0.3) is 0 Å². The highest BCUT2D eigenvalue weighted by Gasteiger charge is 2.16. The Labute approximate surface area is 142 Å². The highest BCUT2D eigenvalue weighted by Crippen LogP contribution is 2.33. The van der Waals surface area contributed by atoms with Crippen LogP contribution in [0, 0.1) is 19.7 Å². The van der Waals surface area contributed by atoms with Crippen molar-refractivity contribution in [3.05, 3.63) is 34.9 Å². The molecule has 0 aliphatic heterocycles. The molecule has 24 heavy (non-hydrogen) atoms. The maximum absolute atomic E-state index is 13.5. The Morgan fingerprint density at radius 2 is 2.17 bits per heavy atom. The molecule has 0 aliphatic rings. The molecule has 2 heterocycles. The minimum atomic E-state index is -0.400. The summed E-state index contributed by atoms with van der Waals surface area (Å²) in [6.45, 7) is 3.80. The van der Waals surface area contributed by atoms with Crippen LogP contribution >= 0.6 is 11.3 Å². The first-order valence-electron chi connectivity index (χ1n) is 7.32. The number of halogens is 1. The van der Waals surface area contributed by atoms with Crippen molar-refractivity contribution in [1.29, 1.82) is 0 Å². The van der Waals surface area contributed by atoms with Gasteiger partial charge in [0.1, 0.15) is 17.1 Å². The van der Waals surface area contributed by atoms with Gasteiger partial charge >= 0.3 is 0 Å². The average molecular weight is 348 g/mol. The third-order valence-electron chi connectivity index (χ3n) is 3.89. The van der Waals surface area contributed by atoms with Crippen LogP contribution in [0.4, 0.5) is 9.52 Å². The van der Waals surface area contributed by atoms with Gasteiger partial charge in [-0.15, -0.1) is 0 Å². The molecule has 126 valence electrons. The largest absolute Gasteiger partial charge is 0.494 e. The lowest BCUT2D eigenvalue weighted by Gasteiger charge is -2.02. The maximum Gasteiger partial charge on any atom is 0.230 e. The van der Waals surface area contributed by atoms with Gasteiger partial charge in [0.15, 0.2) is 5.13 Å². The maximum atomic E-state index is 13.5. The number of aryl methyl sites for hydroxylation is 2. The number of carbonyl (C=O) groups is 1. The van der Waals surface area contributed by atoms with E-state index in [4.69, 9.17) is 4.74 Å². The summed E-state index contributed by atoms with van der Waals surface area (Å²) in [5, 5.41) is 7.49. The van der Waals surface area contributed by atoms with Crippen molar-refractivity contribution in [2.24, 2.45) is 7.05 Å². The van der Waals surface area contributed by atoms with Gasteiger partial charge in [-0.25, -0.2) is 9.37 Å². The first-order chi connectivity index (χ1) is 11.4. The van der Waals surface area contributed by atoms with Crippen LogP contribution in [0.3, 0.4) is 0 Å². The van der Waals surface area contributed by atoms with Crippen LogP contribution in [0.2, 0.25) is 0 Å². The van der Waals surface area contributed by atoms with Crippen LogP contribution in [0.25, 0.3) is 10.2 Å². The fourth-order valence-corrected chi connectivity index (χ4v) is 3.50. The smallest absolute Gasteiger partial charge is 0.230 e. The van der Waals surface area contributed by atoms with E-state index in [2.05, 4.69) is 15.4 Å². The lowest BCUT2D eigenvalue weighted by atomic mass is 10.1. The van der Waals surface area contributed by atoms with Crippen LogP contribution in [0.15, 0.2) is 12.1 Å². The third-order valence-corrected chi connectivity index (χ3v) is 4.81. The van der Waals surface area contributed by atoms with Crippen LogP contribution in [-0.2, 0) is 18.3 Å². The van der Waals surface area contributed by atoms with Crippen LogP contribution in [0.5, 0.6) is 5.75 Å². The fraction of sp³-hybridized carbons (Fsp3) is 0.312. The summed E-state index contributed by atoms with van der Waals surface area (Å²) >= 11 is 1.21. The molecule has 2 aromatic heterocycles. The van der Waals surface area contributed by atoms with Crippen molar-refractivity contribution in [1.82, 2.24) is 14.8 Å². The molecule has 0 fully saturated rings. The number of carbonyl (C=O) groups excluding carboxylic acids is 1. The van der Waals surface area contributed by atoms with E-state index in [9.17, 15) is 9.18 Å². The van der Waals surface area contributed by atoms with Crippen molar-refractivity contribution in [2.75, 3.05) is 12.4 Å². The molecule has 0 bridgehead atoms. The van der Waals surface area contributed by atoms with E-state index in [1.807, 2.05) is 20.9 Å². The number of aromatic nitrogens is 3. The number of ether oxygens (including phenoxy) is 1. The Morgan fingerprint density at radius 3 is 2.79 bits per heavy atom. The van der Waals surface area contributed by atoms with Crippen molar-refractivity contribution < 1.29 is 13.9 Å². The van der Waals surface area contributed by atoms with Gasteiger partial charge < -0.3 is 10.1 Å². The van der Waals surface area contributed by atoms with Crippen LogP contribution in [0.1, 0.15) is 17.0 Å². The van der Waals surface area contributed by atoms with Gasteiger partial charge in [0.05, 0.1) is 23.9 Å². The van der Waals surface area contributed by atoms with Gasteiger partial charge in [0, 0.05) is 24.4 Å². The Hall–Kier alpha value is -2.48. The number of hydrogen-bond donors (Lipinski definition) is 1. The number of fused-ring (bicyclic) bond motifs is 1. The van der Waals surface area contributed by atoms with Crippen molar-refractivity contribution in [3.63, 3.8) is 0 Å². The summed E-state index contributed by atoms with van der Waals surface area (Å²) in [5.41, 5.74) is 3.22. The lowest BCUT2D eigenvalue weighted by Crippen LogP contribution is -2.15. The highest BCUT2D eigenvalue weighted by molar-refractivity contribution is 7.22. The molecule has 8 heteroatoms. The summed E-state index contributed by atoms with van der Waals surface area (Å²) in [7, 11) is 3.30. The molecule has 0 aliphatic carbocycles. The predicted molar refractivity (Wildman–Crippen MR) is 91.1 cm³/mol. The number of amides is 1. The van der Waals surface area contributed by atoms with E-state index in [1.165, 1.54) is 30.6 Å². The van der Waals surface area contributed by atoms with E-state index in [-0.39, 0.29) is 12.3 Å².